The van der Waals surface area contributed by atoms with E-state index < -0.39 is 0 Å². The first-order chi connectivity index (χ1) is 8.61. The lowest BCUT2D eigenvalue weighted by molar-refractivity contribution is -0.144. The van der Waals surface area contributed by atoms with Crippen LogP contribution < -0.4 is 0 Å². The van der Waals surface area contributed by atoms with Crippen LogP contribution in [0.5, 0.6) is 0 Å². The molecule has 0 aliphatic rings. The molecule has 0 aromatic heterocycles. The summed E-state index contributed by atoms with van der Waals surface area (Å²) in [5.74, 6) is -0.173. The summed E-state index contributed by atoms with van der Waals surface area (Å²) < 4.78 is 5.11. The highest BCUT2D eigenvalue weighted by molar-refractivity contribution is 6.30. The number of unbranched alkanes of at least 4 members (excludes halogenated alkanes) is 1. The number of rotatable bonds is 7. The zero-order valence-corrected chi connectivity index (χ0v) is 11.7. The summed E-state index contributed by atoms with van der Waals surface area (Å²) in [6.07, 6.45) is 1.95. The minimum atomic E-state index is -0.173. The maximum atomic E-state index is 11.5. The third-order valence-corrected chi connectivity index (χ3v) is 2.74. The van der Waals surface area contributed by atoms with Crippen LogP contribution in [0.15, 0.2) is 24.3 Å². The second-order valence-corrected chi connectivity index (χ2v) is 4.81. The van der Waals surface area contributed by atoms with Gasteiger partial charge in [0.15, 0.2) is 0 Å². The number of nitrogens with zero attached hydrogens (tertiary/aromatic N) is 1. The highest BCUT2D eigenvalue weighted by atomic mass is 35.5. The summed E-state index contributed by atoms with van der Waals surface area (Å²) in [7, 11) is 1.89. The van der Waals surface area contributed by atoms with E-state index in [0.29, 0.717) is 24.7 Å². The lowest BCUT2D eigenvalue weighted by Gasteiger charge is -2.15. The van der Waals surface area contributed by atoms with Crippen LogP contribution >= 0.6 is 11.6 Å². The number of hydrogen-bond acceptors (Lipinski definition) is 3. The van der Waals surface area contributed by atoms with Crippen molar-refractivity contribution in [3.05, 3.63) is 34.9 Å². The molecule has 0 bridgehead atoms. The quantitative estimate of drug-likeness (QED) is 0.563. The normalized spacial score (nSPS) is 10.7. The van der Waals surface area contributed by atoms with Crippen molar-refractivity contribution in [3.63, 3.8) is 0 Å². The van der Waals surface area contributed by atoms with Gasteiger partial charge in [-0.3, -0.25) is 9.69 Å². The number of likely N-dealkylation sites (N-methyl/N-ethyl adjacent to an activating group) is 1. The van der Waals surface area contributed by atoms with E-state index in [-0.39, 0.29) is 5.97 Å². The molecule has 0 N–H and O–H groups in total. The third kappa shape index (κ3) is 6.03. The van der Waals surface area contributed by atoms with Crippen LogP contribution in [0, 0.1) is 0 Å². The van der Waals surface area contributed by atoms with Crippen molar-refractivity contribution in [3.8, 4) is 0 Å². The lowest BCUT2D eigenvalue weighted by atomic mass is 10.2. The molecule has 0 saturated carbocycles. The van der Waals surface area contributed by atoms with Crippen LogP contribution in [0.3, 0.4) is 0 Å². The largest absolute Gasteiger partial charge is 0.465 e. The fourth-order valence-electron chi connectivity index (χ4n) is 1.60. The Hall–Kier alpha value is -1.06. The maximum Gasteiger partial charge on any atom is 0.320 e. The highest BCUT2D eigenvalue weighted by Crippen LogP contribution is 2.11. The molecule has 0 heterocycles. The Kier molecular flexibility index (Phi) is 6.76. The van der Waals surface area contributed by atoms with Crippen LogP contribution in [0.1, 0.15) is 25.3 Å². The van der Waals surface area contributed by atoms with Gasteiger partial charge in [0.1, 0.15) is 0 Å². The second kappa shape index (κ2) is 8.11. The molecule has 18 heavy (non-hydrogen) atoms. The monoisotopic (exact) mass is 269 g/mol. The van der Waals surface area contributed by atoms with E-state index >= 15 is 0 Å². The van der Waals surface area contributed by atoms with Gasteiger partial charge in [0.25, 0.3) is 0 Å². The van der Waals surface area contributed by atoms with Crippen molar-refractivity contribution in [2.24, 2.45) is 0 Å². The first kappa shape index (κ1) is 15.0. The number of benzene rings is 1. The molecule has 0 aliphatic heterocycles. The molecule has 0 aliphatic carbocycles. The summed E-state index contributed by atoms with van der Waals surface area (Å²) in [4.78, 5) is 13.4. The average molecular weight is 270 g/mol. The summed E-state index contributed by atoms with van der Waals surface area (Å²) in [5.41, 5.74) is 1.09. The number of carbonyl (C=O) groups excluding carboxylic acids is 1. The molecule has 0 radical (unpaired) electrons. The molecule has 0 unspecified atom stereocenters. The Morgan fingerprint density at radius 1 is 1.44 bits per heavy atom. The number of halogens is 1. The number of carbonyl (C=O) groups is 1. The molecule has 100 valence electrons. The second-order valence-electron chi connectivity index (χ2n) is 4.38. The molecule has 0 atom stereocenters. The molecular formula is C14H20ClNO2. The zero-order chi connectivity index (χ0) is 13.4. The van der Waals surface area contributed by atoms with Gasteiger partial charge in [0.2, 0.25) is 0 Å². The summed E-state index contributed by atoms with van der Waals surface area (Å²) in [6, 6.07) is 7.64. The van der Waals surface area contributed by atoms with Gasteiger partial charge >= 0.3 is 5.97 Å². The molecule has 1 aromatic carbocycles. The van der Waals surface area contributed by atoms with Gasteiger partial charge in [0, 0.05) is 11.6 Å². The molecule has 0 amide bonds. The summed E-state index contributed by atoms with van der Waals surface area (Å²) in [6.45, 7) is 3.57. The van der Waals surface area contributed by atoms with Crippen LogP contribution in [0.25, 0.3) is 0 Å². The first-order valence-electron chi connectivity index (χ1n) is 6.20. The van der Waals surface area contributed by atoms with Crippen LogP contribution in [0.2, 0.25) is 5.02 Å². The lowest BCUT2D eigenvalue weighted by Crippen LogP contribution is -2.27. The Balaban J connectivity index is 2.32. The van der Waals surface area contributed by atoms with Gasteiger partial charge in [-0.2, -0.15) is 0 Å². The number of hydrogen-bond donors (Lipinski definition) is 0. The maximum absolute atomic E-state index is 11.5. The fraction of sp³-hybridized carbons (Fsp3) is 0.500. The third-order valence-electron chi connectivity index (χ3n) is 2.50. The Morgan fingerprint density at radius 3 is 2.89 bits per heavy atom. The molecule has 0 saturated heterocycles. The smallest absolute Gasteiger partial charge is 0.320 e. The van der Waals surface area contributed by atoms with Gasteiger partial charge < -0.3 is 4.74 Å². The number of esters is 1. The summed E-state index contributed by atoms with van der Waals surface area (Å²) in [5, 5.41) is 0.714. The predicted molar refractivity (Wildman–Crippen MR) is 73.7 cm³/mol. The Bertz CT molecular complexity index is 382. The van der Waals surface area contributed by atoms with Crippen molar-refractivity contribution >= 4 is 17.6 Å². The van der Waals surface area contributed by atoms with E-state index in [2.05, 4.69) is 6.92 Å². The fourth-order valence-corrected chi connectivity index (χ4v) is 1.81. The van der Waals surface area contributed by atoms with Crippen molar-refractivity contribution in [1.29, 1.82) is 0 Å². The predicted octanol–water partition coefficient (Wildman–Crippen LogP) is 3.12. The molecule has 0 spiro atoms. The summed E-state index contributed by atoms with van der Waals surface area (Å²) >= 11 is 5.91. The van der Waals surface area contributed by atoms with Gasteiger partial charge in [-0.15, -0.1) is 0 Å². The molecule has 3 nitrogen and oxygen atoms in total. The van der Waals surface area contributed by atoms with Crippen LogP contribution in [-0.4, -0.2) is 31.1 Å². The minimum absolute atomic E-state index is 0.173. The minimum Gasteiger partial charge on any atom is -0.465 e. The van der Waals surface area contributed by atoms with Gasteiger partial charge in [-0.05, 0) is 31.2 Å². The molecule has 1 aromatic rings. The van der Waals surface area contributed by atoms with Crippen LogP contribution in [0.4, 0.5) is 0 Å². The highest BCUT2D eigenvalue weighted by Gasteiger charge is 2.08. The molecule has 4 heteroatoms. The van der Waals surface area contributed by atoms with E-state index in [1.54, 1.807) is 0 Å². The van der Waals surface area contributed by atoms with E-state index in [0.717, 1.165) is 18.4 Å². The van der Waals surface area contributed by atoms with Crippen LogP contribution in [-0.2, 0) is 16.1 Å². The standard InChI is InChI=1S/C14H20ClNO2/c1-3-4-8-18-14(17)11-16(2)10-12-6-5-7-13(15)9-12/h5-7,9H,3-4,8,10-11H2,1-2H3. The van der Waals surface area contributed by atoms with Crippen molar-refractivity contribution < 1.29 is 9.53 Å². The first-order valence-corrected chi connectivity index (χ1v) is 6.58. The SMILES string of the molecule is CCCCOC(=O)CN(C)Cc1cccc(Cl)c1. The van der Waals surface area contributed by atoms with Gasteiger partial charge in [-0.1, -0.05) is 37.1 Å². The molecule has 0 fully saturated rings. The van der Waals surface area contributed by atoms with Crippen molar-refractivity contribution in [2.45, 2.75) is 26.3 Å². The van der Waals surface area contributed by atoms with E-state index in [1.807, 2.05) is 36.2 Å². The van der Waals surface area contributed by atoms with Gasteiger partial charge in [0.05, 0.1) is 13.2 Å². The van der Waals surface area contributed by atoms with Crippen molar-refractivity contribution in [2.75, 3.05) is 20.2 Å². The zero-order valence-electron chi connectivity index (χ0n) is 11.0. The van der Waals surface area contributed by atoms with E-state index in [9.17, 15) is 4.79 Å². The van der Waals surface area contributed by atoms with Crippen molar-refractivity contribution in [1.82, 2.24) is 4.90 Å². The number of ether oxygens (including phenoxy) is 1. The average Bonchev–Trinajstić information content (AvgIpc) is 2.29. The van der Waals surface area contributed by atoms with E-state index in [4.69, 9.17) is 16.3 Å². The topological polar surface area (TPSA) is 29.5 Å². The van der Waals surface area contributed by atoms with Gasteiger partial charge in [-0.25, -0.2) is 0 Å². The van der Waals surface area contributed by atoms with E-state index in [1.165, 1.54) is 0 Å². The molecular weight excluding hydrogens is 250 g/mol. The Labute approximate surface area is 114 Å². The molecule has 1 rings (SSSR count). The Morgan fingerprint density at radius 2 is 2.22 bits per heavy atom.